The van der Waals surface area contributed by atoms with Crippen molar-refractivity contribution in [3.63, 3.8) is 0 Å². The zero-order valence-corrected chi connectivity index (χ0v) is 13.0. The minimum atomic E-state index is -0.251. The monoisotopic (exact) mass is 349 g/mol. The van der Waals surface area contributed by atoms with Crippen molar-refractivity contribution in [1.82, 2.24) is 9.88 Å². The number of nitrogens with zero attached hydrogens (tertiary/aromatic N) is 2. The highest BCUT2D eigenvalue weighted by Crippen LogP contribution is 2.18. The van der Waals surface area contributed by atoms with E-state index < -0.39 is 0 Å². The molecule has 0 atom stereocenters. The van der Waals surface area contributed by atoms with Gasteiger partial charge in [-0.25, -0.2) is 4.98 Å². The minimum absolute atomic E-state index is 0.111. The Morgan fingerprint density at radius 2 is 2.05 bits per heavy atom. The average Bonchev–Trinajstić information content (AvgIpc) is 2.49. The Morgan fingerprint density at radius 1 is 1.33 bits per heavy atom. The molecule has 3 N–H and O–H groups in total. The molecule has 1 amide bonds. The third-order valence-electron chi connectivity index (χ3n) is 2.99. The summed E-state index contributed by atoms with van der Waals surface area (Å²) in [6.45, 7) is 0.534. The number of carbonyl (C=O) groups is 1. The highest BCUT2D eigenvalue weighted by Gasteiger charge is 2.19. The predicted molar refractivity (Wildman–Crippen MR) is 84.6 cm³/mol. The molecule has 0 aliphatic heterocycles. The summed E-state index contributed by atoms with van der Waals surface area (Å²) in [4.78, 5) is 18.1. The Kier molecular flexibility index (Phi) is 5.30. The largest absolute Gasteiger partial charge is 0.395 e. The van der Waals surface area contributed by atoms with Gasteiger partial charge in [0.05, 0.1) is 12.2 Å². The van der Waals surface area contributed by atoms with Gasteiger partial charge in [0, 0.05) is 23.8 Å². The van der Waals surface area contributed by atoms with Crippen molar-refractivity contribution >= 4 is 27.7 Å². The van der Waals surface area contributed by atoms with Crippen LogP contribution in [0.5, 0.6) is 0 Å². The molecule has 0 bridgehead atoms. The van der Waals surface area contributed by atoms with E-state index in [0.29, 0.717) is 16.6 Å². The summed E-state index contributed by atoms with van der Waals surface area (Å²) < 4.78 is 0.684. The lowest BCUT2D eigenvalue weighted by molar-refractivity contribution is 0.0708. The lowest BCUT2D eigenvalue weighted by Gasteiger charge is -2.22. The van der Waals surface area contributed by atoms with Crippen LogP contribution in [0.4, 0.5) is 5.82 Å². The molecule has 0 aliphatic carbocycles. The van der Waals surface area contributed by atoms with Gasteiger partial charge >= 0.3 is 0 Å². The highest BCUT2D eigenvalue weighted by molar-refractivity contribution is 9.10. The number of aromatic nitrogens is 1. The number of hydrogen-bond acceptors (Lipinski definition) is 4. The van der Waals surface area contributed by atoms with E-state index in [1.165, 1.54) is 0 Å². The zero-order valence-electron chi connectivity index (χ0n) is 11.4. The van der Waals surface area contributed by atoms with Crippen LogP contribution >= 0.6 is 15.9 Å². The molecular formula is C15H16BrN3O2. The second-order valence-corrected chi connectivity index (χ2v) is 5.44. The molecule has 2 rings (SSSR count). The molecular weight excluding hydrogens is 334 g/mol. The standard InChI is InChI=1S/C15H16BrN3O2/c16-12-8-13(14(17)18-9-12)15(21)19(6-7-20)10-11-4-2-1-3-5-11/h1-5,8-9,20H,6-7,10H2,(H2,17,18). The number of aliphatic hydroxyl groups excluding tert-OH is 1. The molecule has 6 heteroatoms. The Morgan fingerprint density at radius 3 is 2.71 bits per heavy atom. The van der Waals surface area contributed by atoms with Gasteiger partial charge in [-0.1, -0.05) is 30.3 Å². The number of nitrogen functional groups attached to an aromatic ring is 1. The van der Waals surface area contributed by atoms with Crippen LogP contribution in [0.15, 0.2) is 47.1 Å². The van der Waals surface area contributed by atoms with Crippen molar-refractivity contribution in [2.45, 2.75) is 6.54 Å². The maximum atomic E-state index is 12.6. The first-order valence-electron chi connectivity index (χ1n) is 6.47. The fraction of sp³-hybridized carbons (Fsp3) is 0.200. The molecule has 0 saturated heterocycles. The number of rotatable bonds is 5. The van der Waals surface area contributed by atoms with Crippen LogP contribution in [0.2, 0.25) is 0 Å². The first-order valence-corrected chi connectivity index (χ1v) is 7.26. The molecule has 110 valence electrons. The van der Waals surface area contributed by atoms with Crippen molar-refractivity contribution < 1.29 is 9.90 Å². The Bertz CT molecular complexity index is 620. The van der Waals surface area contributed by atoms with E-state index in [9.17, 15) is 9.90 Å². The lowest BCUT2D eigenvalue weighted by atomic mass is 10.1. The summed E-state index contributed by atoms with van der Waals surface area (Å²) in [5.41, 5.74) is 7.09. The van der Waals surface area contributed by atoms with Crippen LogP contribution in [0, 0.1) is 0 Å². The zero-order chi connectivity index (χ0) is 15.2. The van der Waals surface area contributed by atoms with Crippen molar-refractivity contribution in [3.05, 3.63) is 58.2 Å². The first-order chi connectivity index (χ1) is 10.1. The van der Waals surface area contributed by atoms with Crippen LogP contribution in [-0.4, -0.2) is 34.0 Å². The van der Waals surface area contributed by atoms with Crippen LogP contribution in [-0.2, 0) is 6.54 Å². The van der Waals surface area contributed by atoms with E-state index in [1.807, 2.05) is 30.3 Å². The number of benzene rings is 1. The molecule has 5 nitrogen and oxygen atoms in total. The lowest BCUT2D eigenvalue weighted by Crippen LogP contribution is -2.33. The van der Waals surface area contributed by atoms with Crippen molar-refractivity contribution in [3.8, 4) is 0 Å². The number of carbonyl (C=O) groups excluding carboxylic acids is 1. The number of nitrogens with two attached hydrogens (primary N) is 1. The minimum Gasteiger partial charge on any atom is -0.395 e. The van der Waals surface area contributed by atoms with E-state index in [1.54, 1.807) is 17.2 Å². The molecule has 0 spiro atoms. The molecule has 1 heterocycles. The van der Waals surface area contributed by atoms with Crippen molar-refractivity contribution in [1.29, 1.82) is 0 Å². The number of amides is 1. The van der Waals surface area contributed by atoms with E-state index in [-0.39, 0.29) is 24.9 Å². The third kappa shape index (κ3) is 4.03. The summed E-state index contributed by atoms with van der Waals surface area (Å²) in [5, 5.41) is 9.18. The van der Waals surface area contributed by atoms with Gasteiger partial charge in [0.15, 0.2) is 0 Å². The Balaban J connectivity index is 2.25. The molecule has 0 saturated carbocycles. The molecule has 0 unspecified atom stereocenters. The molecule has 1 aromatic carbocycles. The van der Waals surface area contributed by atoms with Gasteiger partial charge < -0.3 is 15.7 Å². The SMILES string of the molecule is Nc1ncc(Br)cc1C(=O)N(CCO)Cc1ccccc1. The maximum absolute atomic E-state index is 12.6. The fourth-order valence-electron chi connectivity index (χ4n) is 1.97. The average molecular weight is 350 g/mol. The Hall–Kier alpha value is -1.92. The van der Waals surface area contributed by atoms with Gasteiger partial charge in [0.1, 0.15) is 5.82 Å². The van der Waals surface area contributed by atoms with Gasteiger partial charge in [-0.3, -0.25) is 4.79 Å². The van der Waals surface area contributed by atoms with Crippen molar-refractivity contribution in [2.24, 2.45) is 0 Å². The highest BCUT2D eigenvalue weighted by atomic mass is 79.9. The smallest absolute Gasteiger partial charge is 0.258 e. The topological polar surface area (TPSA) is 79.5 Å². The van der Waals surface area contributed by atoms with Gasteiger partial charge in [-0.05, 0) is 27.6 Å². The predicted octanol–water partition coefficient (Wildman–Crippen LogP) is 2.06. The number of aliphatic hydroxyl groups is 1. The summed E-state index contributed by atoms with van der Waals surface area (Å²) in [6.07, 6.45) is 1.54. The molecule has 0 radical (unpaired) electrons. The van der Waals surface area contributed by atoms with Crippen LogP contribution in [0.1, 0.15) is 15.9 Å². The Labute approximate surface area is 131 Å². The van der Waals surface area contributed by atoms with E-state index in [4.69, 9.17) is 5.73 Å². The number of anilines is 1. The number of hydrogen-bond donors (Lipinski definition) is 2. The van der Waals surface area contributed by atoms with Crippen LogP contribution < -0.4 is 5.73 Å². The molecule has 2 aromatic rings. The third-order valence-corrected chi connectivity index (χ3v) is 3.42. The molecule has 21 heavy (non-hydrogen) atoms. The van der Waals surface area contributed by atoms with Gasteiger partial charge in [0.2, 0.25) is 0 Å². The maximum Gasteiger partial charge on any atom is 0.258 e. The van der Waals surface area contributed by atoms with Gasteiger partial charge in [0.25, 0.3) is 5.91 Å². The quantitative estimate of drug-likeness (QED) is 0.865. The van der Waals surface area contributed by atoms with Gasteiger partial charge in [-0.2, -0.15) is 0 Å². The van der Waals surface area contributed by atoms with E-state index in [2.05, 4.69) is 20.9 Å². The number of pyridine rings is 1. The molecule has 1 aromatic heterocycles. The summed E-state index contributed by atoms with van der Waals surface area (Å²) in [5.74, 6) is -0.0709. The fourth-order valence-corrected chi connectivity index (χ4v) is 2.30. The van der Waals surface area contributed by atoms with E-state index in [0.717, 1.165) is 5.56 Å². The molecule has 0 aliphatic rings. The number of halogens is 1. The summed E-state index contributed by atoms with van der Waals surface area (Å²) >= 11 is 3.28. The second-order valence-electron chi connectivity index (χ2n) is 4.52. The molecule has 0 fully saturated rings. The summed E-state index contributed by atoms with van der Waals surface area (Å²) in [7, 11) is 0. The normalized spacial score (nSPS) is 10.4. The van der Waals surface area contributed by atoms with Crippen LogP contribution in [0.3, 0.4) is 0 Å². The summed E-state index contributed by atoms with van der Waals surface area (Å²) in [6, 6.07) is 11.2. The van der Waals surface area contributed by atoms with E-state index >= 15 is 0 Å². The van der Waals surface area contributed by atoms with Crippen molar-refractivity contribution in [2.75, 3.05) is 18.9 Å². The second kappa shape index (κ2) is 7.19. The first kappa shape index (κ1) is 15.5. The van der Waals surface area contributed by atoms with Gasteiger partial charge in [-0.15, -0.1) is 0 Å². The van der Waals surface area contributed by atoms with Crippen LogP contribution in [0.25, 0.3) is 0 Å².